The predicted molar refractivity (Wildman–Crippen MR) is 157 cm³/mol. The van der Waals surface area contributed by atoms with E-state index >= 15 is 0 Å². The van der Waals surface area contributed by atoms with Gasteiger partial charge in [-0.3, -0.25) is 9.59 Å². The fourth-order valence-electron chi connectivity index (χ4n) is 5.84. The Kier molecular flexibility index (Phi) is 7.83. The molecule has 3 aromatic carbocycles. The highest BCUT2D eigenvalue weighted by molar-refractivity contribution is 6.03. The fraction of sp³-hybridized carbons (Fsp3) is 0.333. The van der Waals surface area contributed by atoms with Crippen molar-refractivity contribution in [2.45, 2.75) is 38.8 Å². The lowest BCUT2D eigenvalue weighted by Crippen LogP contribution is -2.49. The van der Waals surface area contributed by atoms with Crippen molar-refractivity contribution in [3.05, 3.63) is 95.2 Å². The summed E-state index contributed by atoms with van der Waals surface area (Å²) in [6.45, 7) is 4.62. The smallest absolute Gasteiger partial charge is 0.255 e. The first-order chi connectivity index (χ1) is 19.3. The van der Waals surface area contributed by atoms with Crippen LogP contribution < -0.4 is 14.8 Å². The number of nitrogens with zero attached hydrogens (tertiary/aromatic N) is 2. The molecule has 4 aromatic rings. The van der Waals surface area contributed by atoms with E-state index in [2.05, 4.69) is 42.1 Å². The van der Waals surface area contributed by atoms with Gasteiger partial charge in [0.2, 0.25) is 5.91 Å². The maximum Gasteiger partial charge on any atom is 0.255 e. The van der Waals surface area contributed by atoms with Crippen molar-refractivity contribution in [2.75, 3.05) is 20.8 Å². The number of carbonyl (C=O) groups excluding carboxylic acids is 2. The number of ether oxygens (including phenoxy) is 2. The average Bonchev–Trinajstić information content (AvgIpc) is 3.45. The monoisotopic (exact) mass is 539 g/mol. The van der Waals surface area contributed by atoms with Gasteiger partial charge in [0.1, 0.15) is 6.04 Å². The number of carbonyl (C=O) groups is 2. The molecule has 0 aliphatic carbocycles. The van der Waals surface area contributed by atoms with Crippen molar-refractivity contribution in [3.8, 4) is 11.5 Å². The molecule has 1 aromatic heterocycles. The molecule has 2 atom stereocenters. The second-order valence-electron chi connectivity index (χ2n) is 10.8. The summed E-state index contributed by atoms with van der Waals surface area (Å²) in [5.41, 5.74) is 4.75. The lowest BCUT2D eigenvalue weighted by molar-refractivity contribution is -0.126. The van der Waals surface area contributed by atoms with Crippen molar-refractivity contribution in [1.82, 2.24) is 14.8 Å². The molecular formula is C33H37N3O4. The predicted octanol–water partition coefficient (Wildman–Crippen LogP) is 5.51. The van der Waals surface area contributed by atoms with E-state index in [9.17, 15) is 9.59 Å². The van der Waals surface area contributed by atoms with Crippen LogP contribution in [0.1, 0.15) is 53.4 Å². The van der Waals surface area contributed by atoms with Gasteiger partial charge in [0.25, 0.3) is 5.91 Å². The average molecular weight is 540 g/mol. The molecule has 1 aliphatic heterocycles. The van der Waals surface area contributed by atoms with Crippen molar-refractivity contribution < 1.29 is 19.1 Å². The van der Waals surface area contributed by atoms with Gasteiger partial charge in [-0.15, -0.1) is 0 Å². The van der Waals surface area contributed by atoms with E-state index in [0.29, 0.717) is 36.4 Å². The Morgan fingerprint density at radius 2 is 1.68 bits per heavy atom. The van der Waals surface area contributed by atoms with Crippen LogP contribution >= 0.6 is 0 Å². The second-order valence-corrected chi connectivity index (χ2v) is 10.8. The van der Waals surface area contributed by atoms with E-state index in [-0.39, 0.29) is 23.8 Å². The van der Waals surface area contributed by atoms with Crippen molar-refractivity contribution in [1.29, 1.82) is 0 Å². The van der Waals surface area contributed by atoms with E-state index in [1.165, 1.54) is 0 Å². The van der Waals surface area contributed by atoms with Crippen molar-refractivity contribution in [2.24, 2.45) is 13.0 Å². The summed E-state index contributed by atoms with van der Waals surface area (Å²) in [6, 6.07) is 20.7. The summed E-state index contributed by atoms with van der Waals surface area (Å²) in [5.74, 6) is 1.29. The minimum Gasteiger partial charge on any atom is -0.493 e. The molecule has 1 N–H and O–H groups in total. The number of nitrogens with one attached hydrogen (secondary N) is 1. The van der Waals surface area contributed by atoms with Gasteiger partial charge in [-0.25, -0.2) is 0 Å². The lowest BCUT2D eigenvalue weighted by Gasteiger charge is -2.34. The minimum absolute atomic E-state index is 0.103. The topological polar surface area (TPSA) is 72.8 Å². The van der Waals surface area contributed by atoms with Crippen molar-refractivity contribution in [3.63, 3.8) is 0 Å². The molecule has 7 nitrogen and oxygen atoms in total. The van der Waals surface area contributed by atoms with Crippen LogP contribution in [0.15, 0.2) is 72.9 Å². The highest BCUT2D eigenvalue weighted by Gasteiger charge is 2.44. The Labute approximate surface area is 235 Å². The van der Waals surface area contributed by atoms with Crippen LogP contribution in [-0.2, 0) is 18.3 Å². The number of aryl methyl sites for hydroxylation is 1. The van der Waals surface area contributed by atoms with Crippen LogP contribution in [0, 0.1) is 5.92 Å². The van der Waals surface area contributed by atoms with Gasteiger partial charge in [-0.1, -0.05) is 56.3 Å². The summed E-state index contributed by atoms with van der Waals surface area (Å²) < 4.78 is 12.9. The zero-order valence-electron chi connectivity index (χ0n) is 23.8. The fourth-order valence-corrected chi connectivity index (χ4v) is 5.84. The van der Waals surface area contributed by atoms with Gasteiger partial charge >= 0.3 is 0 Å². The van der Waals surface area contributed by atoms with Gasteiger partial charge in [0.05, 0.1) is 20.3 Å². The van der Waals surface area contributed by atoms with Gasteiger partial charge in [-0.05, 0) is 54.2 Å². The Balaban J connectivity index is 1.46. The third-order valence-corrected chi connectivity index (χ3v) is 7.71. The molecule has 0 spiro atoms. The first-order valence-electron chi connectivity index (χ1n) is 13.8. The maximum absolute atomic E-state index is 14.0. The number of para-hydroxylation sites is 1. The van der Waals surface area contributed by atoms with E-state index < -0.39 is 6.04 Å². The highest BCUT2D eigenvalue weighted by atomic mass is 16.5. The molecule has 0 saturated heterocycles. The number of aromatic nitrogens is 1. The molecule has 7 heteroatoms. The normalized spacial score (nSPS) is 15.4. The molecule has 0 bridgehead atoms. The third-order valence-electron chi connectivity index (χ3n) is 7.71. The maximum atomic E-state index is 14.0. The molecule has 2 heterocycles. The summed E-state index contributed by atoms with van der Waals surface area (Å²) in [6.07, 6.45) is 3.28. The van der Waals surface area contributed by atoms with E-state index in [1.54, 1.807) is 14.2 Å². The SMILES string of the molecule is COc1ccc(CCNC(=O)C(CC(C)C)N2C(=O)c3ccccc3C2c2cn(C)c3ccccc23)cc1OC. The second kappa shape index (κ2) is 11.5. The summed E-state index contributed by atoms with van der Waals surface area (Å²) in [4.78, 5) is 29.7. The Hall–Kier alpha value is -4.26. The van der Waals surface area contributed by atoms with Gasteiger partial charge < -0.3 is 24.3 Å². The number of rotatable bonds is 10. The third kappa shape index (κ3) is 5.04. The Bertz CT molecular complexity index is 1540. The molecule has 0 saturated carbocycles. The summed E-state index contributed by atoms with van der Waals surface area (Å²) >= 11 is 0. The lowest BCUT2D eigenvalue weighted by atomic mass is 9.95. The van der Waals surface area contributed by atoms with E-state index in [0.717, 1.165) is 27.6 Å². The number of fused-ring (bicyclic) bond motifs is 2. The molecular weight excluding hydrogens is 502 g/mol. The quantitative estimate of drug-likeness (QED) is 0.288. The standard InChI is InChI=1S/C33H37N3O4/c1-21(2)18-28(32(37)34-17-16-22-14-15-29(39-4)30(19-22)40-5)36-31(24-11-6-7-12-25(24)33(36)38)26-20-35(3)27-13-9-8-10-23(26)27/h6-15,19-21,28,31H,16-18H2,1-5H3,(H,34,37). The molecule has 2 unspecified atom stereocenters. The number of benzene rings is 3. The van der Waals surface area contributed by atoms with Crippen molar-refractivity contribution >= 4 is 22.7 Å². The Morgan fingerprint density at radius 3 is 2.42 bits per heavy atom. The molecule has 2 amide bonds. The zero-order chi connectivity index (χ0) is 28.4. The zero-order valence-corrected chi connectivity index (χ0v) is 23.8. The van der Waals surface area contributed by atoms with E-state index in [1.807, 2.05) is 66.5 Å². The summed E-state index contributed by atoms with van der Waals surface area (Å²) in [5, 5.41) is 4.22. The van der Waals surface area contributed by atoms with E-state index in [4.69, 9.17) is 9.47 Å². The van der Waals surface area contributed by atoms with Gasteiger partial charge in [-0.2, -0.15) is 0 Å². The van der Waals surface area contributed by atoms with Crippen LogP contribution in [0.2, 0.25) is 0 Å². The molecule has 5 rings (SSSR count). The number of hydrogen-bond donors (Lipinski definition) is 1. The molecule has 0 radical (unpaired) electrons. The first-order valence-corrected chi connectivity index (χ1v) is 13.8. The van der Waals surface area contributed by atoms with Gasteiger partial charge in [0, 0.05) is 41.8 Å². The number of amides is 2. The minimum atomic E-state index is -0.616. The Morgan fingerprint density at radius 1 is 0.950 bits per heavy atom. The van der Waals surface area contributed by atoms with Crippen LogP contribution in [-0.4, -0.2) is 48.1 Å². The number of methoxy groups -OCH3 is 2. The van der Waals surface area contributed by atoms with Gasteiger partial charge in [0.15, 0.2) is 11.5 Å². The first kappa shape index (κ1) is 27.3. The molecule has 40 heavy (non-hydrogen) atoms. The van der Waals surface area contributed by atoms with Crippen LogP contribution in [0.5, 0.6) is 11.5 Å². The summed E-state index contributed by atoms with van der Waals surface area (Å²) in [7, 11) is 5.23. The largest absolute Gasteiger partial charge is 0.493 e. The van der Waals surface area contributed by atoms with Crippen LogP contribution in [0.25, 0.3) is 10.9 Å². The molecule has 208 valence electrons. The van der Waals surface area contributed by atoms with Crippen LogP contribution in [0.3, 0.4) is 0 Å². The molecule has 1 aliphatic rings. The van der Waals surface area contributed by atoms with Crippen LogP contribution in [0.4, 0.5) is 0 Å². The number of hydrogen-bond acceptors (Lipinski definition) is 4. The highest BCUT2D eigenvalue weighted by Crippen LogP contribution is 2.43. The molecule has 0 fully saturated rings.